The van der Waals surface area contributed by atoms with Gasteiger partial charge in [0.05, 0.1) is 12.0 Å². The molecule has 0 spiro atoms. The minimum absolute atomic E-state index is 0.0896. The first-order valence-corrected chi connectivity index (χ1v) is 6.65. The van der Waals surface area contributed by atoms with E-state index in [0.717, 1.165) is 5.56 Å². The third-order valence-electron chi connectivity index (χ3n) is 3.70. The van der Waals surface area contributed by atoms with Gasteiger partial charge < -0.3 is 15.2 Å². The van der Waals surface area contributed by atoms with E-state index in [2.05, 4.69) is 4.74 Å². The maximum atomic E-state index is 11.7. The highest BCUT2D eigenvalue weighted by Crippen LogP contribution is 2.35. The van der Waals surface area contributed by atoms with Crippen LogP contribution in [0.25, 0.3) is 0 Å². The summed E-state index contributed by atoms with van der Waals surface area (Å²) in [6.45, 7) is 1.83. The van der Waals surface area contributed by atoms with Crippen LogP contribution >= 0.6 is 0 Å². The van der Waals surface area contributed by atoms with Crippen molar-refractivity contribution in [1.82, 2.24) is 0 Å². The van der Waals surface area contributed by atoms with Gasteiger partial charge in [-0.3, -0.25) is 14.9 Å². The molecule has 0 amide bonds. The largest absolute Gasteiger partial charge is 0.483 e. The van der Waals surface area contributed by atoms with E-state index >= 15 is 0 Å². The lowest BCUT2D eigenvalue weighted by Crippen LogP contribution is -2.47. The zero-order valence-electron chi connectivity index (χ0n) is 12.0. The summed E-state index contributed by atoms with van der Waals surface area (Å²) in [6, 6.07) is 4.68. The quantitative estimate of drug-likeness (QED) is 0.515. The molecule has 1 aliphatic carbocycles. The fraction of sp³-hybridized carbons (Fsp3) is 0.500. The maximum absolute atomic E-state index is 11.7. The number of methoxy groups -OCH3 is 1. The topological polar surface area (TPSA) is 105 Å². The molecule has 7 nitrogen and oxygen atoms in total. The Labute approximate surface area is 122 Å². The molecule has 2 unspecified atom stereocenters. The van der Waals surface area contributed by atoms with Crippen LogP contribution in [0, 0.1) is 17.0 Å². The van der Waals surface area contributed by atoms with E-state index in [1.165, 1.54) is 13.2 Å². The van der Waals surface area contributed by atoms with Crippen LogP contribution in [-0.2, 0) is 9.53 Å². The van der Waals surface area contributed by atoms with Crippen molar-refractivity contribution in [2.45, 2.75) is 37.8 Å². The number of carbonyl (C=O) groups excluding carboxylic acids is 1. The molecule has 1 saturated carbocycles. The third kappa shape index (κ3) is 3.13. The number of nitrogens with zero attached hydrogens (tertiary/aromatic N) is 1. The molecule has 114 valence electrons. The Kier molecular flexibility index (Phi) is 4.13. The Bertz CT molecular complexity index is 574. The van der Waals surface area contributed by atoms with E-state index in [1.807, 2.05) is 6.92 Å². The van der Waals surface area contributed by atoms with Crippen LogP contribution in [-0.4, -0.2) is 29.6 Å². The number of hydrogen-bond donors (Lipinski definition) is 1. The Balaban J connectivity index is 2.15. The lowest BCUT2D eigenvalue weighted by Gasteiger charge is -2.20. The van der Waals surface area contributed by atoms with Crippen LogP contribution in [0.15, 0.2) is 18.2 Å². The number of carbonyl (C=O) groups is 1. The molecule has 1 aromatic rings. The number of rotatable bonds is 4. The van der Waals surface area contributed by atoms with Gasteiger partial charge in [0.1, 0.15) is 11.6 Å². The molecule has 0 aromatic heterocycles. The van der Waals surface area contributed by atoms with Crippen LogP contribution < -0.4 is 10.5 Å². The standard InChI is InChI=1S/C14H18N2O5/c1-9-3-4-11(16(18)19)12(7-9)21-10-5-6-14(15,8-10)13(17)20-2/h3-4,7,10H,5-6,8,15H2,1-2H3. The molecule has 2 rings (SSSR count). The third-order valence-corrected chi connectivity index (χ3v) is 3.70. The lowest BCUT2D eigenvalue weighted by atomic mass is 10.00. The Morgan fingerprint density at radius 1 is 1.52 bits per heavy atom. The molecule has 0 radical (unpaired) electrons. The number of nitro benzene ring substituents is 1. The van der Waals surface area contributed by atoms with E-state index in [0.29, 0.717) is 12.8 Å². The smallest absolute Gasteiger partial charge is 0.325 e. The van der Waals surface area contributed by atoms with Gasteiger partial charge in [0.25, 0.3) is 0 Å². The molecule has 7 heteroatoms. The number of ether oxygens (including phenoxy) is 2. The average Bonchev–Trinajstić information content (AvgIpc) is 2.80. The minimum Gasteiger partial charge on any atom is -0.483 e. The molecule has 0 bridgehead atoms. The summed E-state index contributed by atoms with van der Waals surface area (Å²) in [4.78, 5) is 22.2. The molecule has 21 heavy (non-hydrogen) atoms. The monoisotopic (exact) mass is 294 g/mol. The first kappa shape index (κ1) is 15.2. The number of esters is 1. The molecule has 2 atom stereocenters. The Hall–Kier alpha value is -2.15. The van der Waals surface area contributed by atoms with Gasteiger partial charge >= 0.3 is 11.7 Å². The summed E-state index contributed by atoms with van der Waals surface area (Å²) >= 11 is 0. The fourth-order valence-corrected chi connectivity index (χ4v) is 2.56. The highest BCUT2D eigenvalue weighted by molar-refractivity contribution is 5.81. The van der Waals surface area contributed by atoms with Crippen LogP contribution in [0.3, 0.4) is 0 Å². The summed E-state index contributed by atoms with van der Waals surface area (Å²) in [7, 11) is 1.29. The van der Waals surface area contributed by atoms with Gasteiger partial charge in [0.15, 0.2) is 5.75 Å². The Morgan fingerprint density at radius 2 is 2.24 bits per heavy atom. The molecule has 1 aliphatic rings. The number of aryl methyl sites for hydroxylation is 1. The van der Waals surface area contributed by atoms with Crippen molar-refractivity contribution in [3.8, 4) is 5.75 Å². The normalized spacial score (nSPS) is 24.6. The van der Waals surface area contributed by atoms with Crippen molar-refractivity contribution >= 4 is 11.7 Å². The van der Waals surface area contributed by atoms with E-state index < -0.39 is 16.4 Å². The number of benzene rings is 1. The van der Waals surface area contributed by atoms with Crippen LogP contribution in [0.4, 0.5) is 5.69 Å². The van der Waals surface area contributed by atoms with Crippen molar-refractivity contribution in [2.24, 2.45) is 5.73 Å². The van der Waals surface area contributed by atoms with Gasteiger partial charge in [0, 0.05) is 12.5 Å². The van der Waals surface area contributed by atoms with E-state index in [-0.39, 0.29) is 24.0 Å². The molecular formula is C14H18N2O5. The molecular weight excluding hydrogens is 276 g/mol. The zero-order chi connectivity index (χ0) is 15.6. The second kappa shape index (κ2) is 5.69. The van der Waals surface area contributed by atoms with E-state index in [1.54, 1.807) is 12.1 Å². The van der Waals surface area contributed by atoms with Gasteiger partial charge in [-0.05, 0) is 31.4 Å². The molecule has 0 saturated heterocycles. The highest BCUT2D eigenvalue weighted by atomic mass is 16.6. The van der Waals surface area contributed by atoms with Crippen molar-refractivity contribution < 1.29 is 19.2 Å². The van der Waals surface area contributed by atoms with Gasteiger partial charge in [-0.1, -0.05) is 6.07 Å². The minimum atomic E-state index is -1.07. The predicted molar refractivity (Wildman–Crippen MR) is 75.0 cm³/mol. The summed E-state index contributed by atoms with van der Waals surface area (Å²) in [5, 5.41) is 11.0. The fourth-order valence-electron chi connectivity index (χ4n) is 2.56. The maximum Gasteiger partial charge on any atom is 0.325 e. The highest BCUT2D eigenvalue weighted by Gasteiger charge is 2.44. The predicted octanol–water partition coefficient (Wildman–Crippen LogP) is 1.71. The van der Waals surface area contributed by atoms with Crippen molar-refractivity contribution in [3.05, 3.63) is 33.9 Å². The van der Waals surface area contributed by atoms with Crippen molar-refractivity contribution in [2.75, 3.05) is 7.11 Å². The molecule has 2 N–H and O–H groups in total. The van der Waals surface area contributed by atoms with E-state index in [9.17, 15) is 14.9 Å². The van der Waals surface area contributed by atoms with Crippen LogP contribution in [0.5, 0.6) is 5.75 Å². The first-order chi connectivity index (χ1) is 9.85. The van der Waals surface area contributed by atoms with Crippen molar-refractivity contribution in [1.29, 1.82) is 0 Å². The summed E-state index contributed by atoms with van der Waals surface area (Å²) in [5.41, 5.74) is 5.70. The summed E-state index contributed by atoms with van der Waals surface area (Å²) in [5.74, 6) is -0.272. The lowest BCUT2D eigenvalue weighted by molar-refractivity contribution is -0.386. The average molecular weight is 294 g/mol. The Morgan fingerprint density at radius 3 is 2.86 bits per heavy atom. The molecule has 0 aliphatic heterocycles. The second-order valence-electron chi connectivity index (χ2n) is 5.36. The summed E-state index contributed by atoms with van der Waals surface area (Å²) < 4.78 is 10.4. The SMILES string of the molecule is COC(=O)C1(N)CCC(Oc2cc(C)ccc2[N+](=O)[O-])C1. The molecule has 1 aromatic carbocycles. The number of nitrogens with two attached hydrogens (primary N) is 1. The molecule has 1 fully saturated rings. The van der Waals surface area contributed by atoms with E-state index in [4.69, 9.17) is 10.5 Å². The van der Waals surface area contributed by atoms with Gasteiger partial charge in [-0.25, -0.2) is 0 Å². The van der Waals surface area contributed by atoms with Crippen molar-refractivity contribution in [3.63, 3.8) is 0 Å². The van der Waals surface area contributed by atoms with Gasteiger partial charge in [-0.2, -0.15) is 0 Å². The second-order valence-corrected chi connectivity index (χ2v) is 5.36. The van der Waals surface area contributed by atoms with Gasteiger partial charge in [-0.15, -0.1) is 0 Å². The van der Waals surface area contributed by atoms with Crippen LogP contribution in [0.2, 0.25) is 0 Å². The van der Waals surface area contributed by atoms with Crippen LogP contribution in [0.1, 0.15) is 24.8 Å². The summed E-state index contributed by atoms with van der Waals surface area (Å²) in [6.07, 6.45) is 0.931. The first-order valence-electron chi connectivity index (χ1n) is 6.65. The molecule has 0 heterocycles. The van der Waals surface area contributed by atoms with Gasteiger partial charge in [0.2, 0.25) is 0 Å². The zero-order valence-corrected chi connectivity index (χ0v) is 12.0. The number of hydrogen-bond acceptors (Lipinski definition) is 6. The number of nitro groups is 1.